The largest absolute Gasteiger partial charge is 0.462 e. The quantitative estimate of drug-likeness (QED) is 0.155. The Hall–Kier alpha value is -4.18. The van der Waals surface area contributed by atoms with Crippen molar-refractivity contribution >= 4 is 56.6 Å². The molecule has 1 amide bonds. The van der Waals surface area contributed by atoms with Crippen molar-refractivity contribution in [2.75, 3.05) is 44.7 Å². The third-order valence-corrected chi connectivity index (χ3v) is 9.36. The van der Waals surface area contributed by atoms with Crippen molar-refractivity contribution in [2.45, 2.75) is 31.1 Å². The van der Waals surface area contributed by atoms with Gasteiger partial charge in [-0.2, -0.15) is 15.2 Å². The summed E-state index contributed by atoms with van der Waals surface area (Å²) in [6.07, 6.45) is -0.884. The van der Waals surface area contributed by atoms with Crippen molar-refractivity contribution < 1.29 is 27.1 Å². The first-order chi connectivity index (χ1) is 22.5. The Morgan fingerprint density at radius 3 is 2.64 bits per heavy atom. The Bertz CT molecular complexity index is 1960. The Balaban J connectivity index is 1.49. The highest BCUT2D eigenvalue weighted by atomic mass is 35.5. The number of ether oxygens (including phenoxy) is 1. The van der Waals surface area contributed by atoms with E-state index in [1.807, 2.05) is 11.0 Å². The van der Waals surface area contributed by atoms with Crippen LogP contribution in [0.4, 0.5) is 23.4 Å². The number of alkyl halides is 1. The molecule has 1 aromatic heterocycles. The van der Waals surface area contributed by atoms with E-state index in [1.165, 1.54) is 23.1 Å². The molecule has 3 atom stereocenters. The summed E-state index contributed by atoms with van der Waals surface area (Å²) < 4.78 is 65.2. The fourth-order valence-corrected chi connectivity index (χ4v) is 6.93. The van der Waals surface area contributed by atoms with Crippen LogP contribution in [-0.2, 0) is 4.79 Å². The molecule has 0 aliphatic carbocycles. The summed E-state index contributed by atoms with van der Waals surface area (Å²) in [5, 5.41) is 10.3. The molecule has 0 unspecified atom stereocenters. The Morgan fingerprint density at radius 2 is 1.94 bits per heavy atom. The lowest BCUT2D eigenvalue weighted by Crippen LogP contribution is -2.55. The number of piperazine rings is 1. The summed E-state index contributed by atoms with van der Waals surface area (Å²) in [7, 11) is 1.77. The van der Waals surface area contributed by atoms with Crippen molar-refractivity contribution in [3.8, 4) is 23.2 Å². The number of rotatable bonds is 7. The Labute approximate surface area is 277 Å². The van der Waals surface area contributed by atoms with Gasteiger partial charge in [-0.1, -0.05) is 54.0 Å². The van der Waals surface area contributed by atoms with Crippen LogP contribution in [0.25, 0.3) is 32.8 Å². The minimum absolute atomic E-state index is 0.0227. The van der Waals surface area contributed by atoms with Crippen LogP contribution in [-0.4, -0.2) is 83.8 Å². The van der Waals surface area contributed by atoms with Crippen LogP contribution in [0.5, 0.6) is 6.01 Å². The number of halogens is 6. The van der Waals surface area contributed by atoms with E-state index >= 15 is 4.39 Å². The molecule has 14 heteroatoms. The highest BCUT2D eigenvalue weighted by Crippen LogP contribution is 2.43. The fraction of sp³-hybridized carbons (Fsp3) is 0.333. The zero-order chi connectivity index (χ0) is 33.6. The van der Waals surface area contributed by atoms with E-state index in [4.69, 9.17) is 27.9 Å². The summed E-state index contributed by atoms with van der Waals surface area (Å²) >= 11 is 13.1. The van der Waals surface area contributed by atoms with E-state index in [2.05, 4.69) is 16.5 Å². The molecule has 244 valence electrons. The number of fused-ring (bicyclic) bond motifs is 2. The average Bonchev–Trinajstić information content (AvgIpc) is 3.37. The highest BCUT2D eigenvalue weighted by molar-refractivity contribution is 6.38. The fourth-order valence-electron chi connectivity index (χ4n) is 6.36. The number of benzene rings is 3. The Kier molecular flexibility index (Phi) is 9.16. The average molecular weight is 688 g/mol. The zero-order valence-corrected chi connectivity index (χ0v) is 26.6. The van der Waals surface area contributed by atoms with Gasteiger partial charge in [-0.05, 0) is 36.6 Å². The van der Waals surface area contributed by atoms with E-state index in [-0.39, 0.29) is 101 Å². The topological polar surface area (TPSA) is 85.6 Å². The predicted molar refractivity (Wildman–Crippen MR) is 172 cm³/mol. The number of hydrogen-bond donors (Lipinski definition) is 0. The predicted octanol–water partition coefficient (Wildman–Crippen LogP) is 6.87. The number of likely N-dealkylation sites (tertiary alicyclic amines) is 1. The molecule has 4 aromatic rings. The number of anilines is 1. The number of likely N-dealkylation sites (N-methyl/N-ethyl adjacent to an activating group) is 1. The number of carbonyl (C=O) groups excluding carboxylic acids is 1. The molecule has 0 N–H and O–H groups in total. The molecule has 0 saturated carbocycles. The van der Waals surface area contributed by atoms with Gasteiger partial charge in [0.25, 0.3) is 5.91 Å². The van der Waals surface area contributed by atoms with Gasteiger partial charge in [-0.3, -0.25) is 9.69 Å². The van der Waals surface area contributed by atoms with Crippen molar-refractivity contribution in [2.24, 2.45) is 0 Å². The molecular weight excluding hydrogens is 659 g/mol. The van der Waals surface area contributed by atoms with E-state index in [1.54, 1.807) is 30.1 Å². The number of nitrogens with zero attached hydrogens (tertiary/aromatic N) is 6. The lowest BCUT2D eigenvalue weighted by Gasteiger charge is -2.41. The molecule has 2 fully saturated rings. The lowest BCUT2D eigenvalue weighted by molar-refractivity contribution is -0.131. The summed E-state index contributed by atoms with van der Waals surface area (Å²) in [4.78, 5) is 26.3. The Morgan fingerprint density at radius 1 is 1.15 bits per heavy atom. The SMILES string of the molecule is C=C(F)C(=O)N1CCN(c2nc(OC[C@@H]3C[C@@H](F)CN3C)nc3c(F)c(-c4cccc5ccc(F)c(Cl)c45)c(Cl)cc23)C[C@@H]1CC#N. The minimum Gasteiger partial charge on any atom is -0.462 e. The van der Waals surface area contributed by atoms with Crippen molar-refractivity contribution in [3.05, 3.63) is 70.5 Å². The van der Waals surface area contributed by atoms with Gasteiger partial charge >= 0.3 is 6.01 Å². The molecule has 0 bridgehead atoms. The van der Waals surface area contributed by atoms with E-state index in [0.717, 1.165) is 0 Å². The van der Waals surface area contributed by atoms with E-state index in [9.17, 15) is 23.2 Å². The normalized spacial score (nSPS) is 20.2. The maximum atomic E-state index is 16.8. The van der Waals surface area contributed by atoms with E-state index < -0.39 is 35.6 Å². The first-order valence-electron chi connectivity index (χ1n) is 14.8. The van der Waals surface area contributed by atoms with Crippen molar-refractivity contribution in [3.63, 3.8) is 0 Å². The summed E-state index contributed by atoms with van der Waals surface area (Å²) in [6, 6.07) is 10.0. The maximum absolute atomic E-state index is 16.8. The first-order valence-corrected chi connectivity index (χ1v) is 15.5. The van der Waals surface area contributed by atoms with Crippen molar-refractivity contribution in [1.82, 2.24) is 19.8 Å². The summed E-state index contributed by atoms with van der Waals surface area (Å²) in [6.45, 7) is 3.58. The summed E-state index contributed by atoms with van der Waals surface area (Å²) in [5.74, 6) is -3.38. The minimum atomic E-state index is -1.15. The number of nitriles is 1. The number of amides is 1. The molecule has 3 aromatic carbocycles. The molecule has 0 radical (unpaired) electrons. The number of hydrogen-bond acceptors (Lipinski definition) is 7. The van der Waals surface area contributed by atoms with Gasteiger partial charge < -0.3 is 14.5 Å². The lowest BCUT2D eigenvalue weighted by atomic mass is 9.96. The van der Waals surface area contributed by atoms with Crippen LogP contribution in [0.15, 0.2) is 48.8 Å². The molecule has 2 aliphatic rings. The van der Waals surface area contributed by atoms with Gasteiger partial charge in [0.2, 0.25) is 0 Å². The van der Waals surface area contributed by atoms with Crippen molar-refractivity contribution in [1.29, 1.82) is 5.26 Å². The number of aromatic nitrogens is 2. The van der Waals surface area contributed by atoms with Crippen LogP contribution < -0.4 is 9.64 Å². The molecule has 47 heavy (non-hydrogen) atoms. The maximum Gasteiger partial charge on any atom is 0.319 e. The monoisotopic (exact) mass is 686 g/mol. The van der Waals surface area contributed by atoms with Crippen LogP contribution >= 0.6 is 23.2 Å². The molecule has 8 nitrogen and oxygen atoms in total. The second-order valence-electron chi connectivity index (χ2n) is 11.6. The van der Waals surface area contributed by atoms with Gasteiger partial charge in [0.1, 0.15) is 29.9 Å². The standard InChI is InChI=1S/C33H28Cl2F4N6O2/c1-17(36)32(46)45-11-10-44(15-20(45)8-9-40)31-23-13-24(34)27(22-5-3-4-18-6-7-25(38)28(35)26(18)22)29(39)30(23)41-33(42-31)47-16-21-12-19(37)14-43(21)2/h3-7,13,19-21H,1,8,10-12,14-16H2,2H3/t19-,20+,21+/m1/s1. The molecule has 2 saturated heterocycles. The highest BCUT2D eigenvalue weighted by Gasteiger charge is 2.35. The summed E-state index contributed by atoms with van der Waals surface area (Å²) in [5.41, 5.74) is 0.0145. The first kappa shape index (κ1) is 32.7. The molecule has 3 heterocycles. The third-order valence-electron chi connectivity index (χ3n) is 8.69. The van der Waals surface area contributed by atoms with Gasteiger partial charge in [0.15, 0.2) is 11.6 Å². The molecule has 2 aliphatic heterocycles. The third kappa shape index (κ3) is 6.15. The molecule has 0 spiro atoms. The second kappa shape index (κ2) is 13.1. The van der Waals surface area contributed by atoms with Crippen LogP contribution in [0, 0.1) is 23.0 Å². The molecule has 6 rings (SSSR count). The number of carbonyl (C=O) groups is 1. The van der Waals surface area contributed by atoms with Crippen LogP contribution in [0.3, 0.4) is 0 Å². The van der Waals surface area contributed by atoms with Gasteiger partial charge in [0, 0.05) is 48.6 Å². The van der Waals surface area contributed by atoms with E-state index in [0.29, 0.717) is 5.39 Å². The molecular formula is C33H28Cl2F4N6O2. The van der Waals surface area contributed by atoms with Gasteiger partial charge in [-0.15, -0.1) is 0 Å². The van der Waals surface area contributed by atoms with Gasteiger partial charge in [-0.25, -0.2) is 17.6 Å². The zero-order valence-electron chi connectivity index (χ0n) is 25.1. The second-order valence-corrected chi connectivity index (χ2v) is 12.4. The van der Waals surface area contributed by atoms with Gasteiger partial charge in [0.05, 0.1) is 28.6 Å². The van der Waals surface area contributed by atoms with Crippen LogP contribution in [0.2, 0.25) is 10.0 Å². The van der Waals surface area contributed by atoms with Crippen LogP contribution in [0.1, 0.15) is 12.8 Å². The smallest absolute Gasteiger partial charge is 0.319 e.